The fraction of sp³-hybridized carbons (Fsp3) is 0.310. The minimum atomic E-state index is -0.410. The number of ether oxygens (including phenoxy) is 2. The van der Waals surface area contributed by atoms with Gasteiger partial charge in [-0.05, 0) is 178 Å². The first-order chi connectivity index (χ1) is 37.6. The van der Waals surface area contributed by atoms with Crippen molar-refractivity contribution in [3.8, 4) is 11.5 Å². The first-order valence-corrected chi connectivity index (χ1v) is 29.1. The molecule has 0 fully saturated rings. The molecule has 0 aromatic heterocycles. The normalized spacial score (nSPS) is 13.1. The van der Waals surface area contributed by atoms with Crippen LogP contribution in [0.15, 0.2) is 212 Å². The van der Waals surface area contributed by atoms with Gasteiger partial charge in [0.1, 0.15) is 24.7 Å². The van der Waals surface area contributed by atoms with Crippen LogP contribution in [-0.2, 0) is 31.2 Å². The zero-order valence-electron chi connectivity index (χ0n) is 48.1. The van der Waals surface area contributed by atoms with E-state index >= 15 is 0 Å². The number of aryl methyl sites for hydroxylation is 1. The van der Waals surface area contributed by atoms with E-state index in [9.17, 15) is 9.90 Å². The average Bonchev–Trinajstić information content (AvgIpc) is 3.47. The Balaban J connectivity index is 0.000000438. The second-order valence-corrected chi connectivity index (χ2v) is 24.2. The maximum Gasteiger partial charge on any atom is 0.213 e. The molecule has 0 amide bonds. The summed E-state index contributed by atoms with van der Waals surface area (Å²) in [5.41, 5.74) is 13.8. The fourth-order valence-corrected chi connectivity index (χ4v) is 9.74. The van der Waals surface area contributed by atoms with Gasteiger partial charge in [-0.15, -0.1) is 0 Å². The Hall–Kier alpha value is -5.23. The summed E-state index contributed by atoms with van der Waals surface area (Å²) in [6.07, 6.45) is 4.42. The molecular formula is C71H86Br2O5P2. The van der Waals surface area contributed by atoms with Gasteiger partial charge in [-0.25, -0.2) is 0 Å². The van der Waals surface area contributed by atoms with Crippen molar-refractivity contribution in [1.82, 2.24) is 0 Å². The highest BCUT2D eigenvalue weighted by molar-refractivity contribution is 9.20. The Morgan fingerprint density at radius 1 is 0.412 bits per heavy atom. The van der Waals surface area contributed by atoms with Crippen molar-refractivity contribution >= 4 is 56.4 Å². The highest BCUT2D eigenvalue weighted by Crippen LogP contribution is 2.42. The molecule has 5 nitrogen and oxygen atoms in total. The van der Waals surface area contributed by atoms with Crippen LogP contribution in [0.4, 0.5) is 0 Å². The summed E-state index contributed by atoms with van der Waals surface area (Å²) in [6, 6.07) is 75.2. The number of aliphatic hydroxyl groups excluding tert-OH is 2. The lowest BCUT2D eigenvalue weighted by atomic mass is 9.75. The number of benzene rings is 8. The number of alkyl halides is 1. The van der Waals surface area contributed by atoms with Crippen molar-refractivity contribution in [2.75, 3.05) is 0 Å². The summed E-state index contributed by atoms with van der Waals surface area (Å²) < 4.78 is 11.3. The van der Waals surface area contributed by atoms with Crippen molar-refractivity contribution in [2.45, 2.75) is 140 Å². The van der Waals surface area contributed by atoms with E-state index in [0.29, 0.717) is 48.7 Å². The molecule has 8 aromatic rings. The molecule has 0 saturated heterocycles. The molecule has 0 heterocycles. The number of hydrogen-bond donors (Lipinski definition) is 2. The summed E-state index contributed by atoms with van der Waals surface area (Å²) in [5.74, 6) is 4.36. The summed E-state index contributed by atoms with van der Waals surface area (Å²) in [4.78, 5) is 10.3. The SMILES string of the molecule is CC(C)(Br)C(=O)Br.CC(CC(C)c1ccc(C(C)CC(CC(CC(C)c2ccccc2)c2ccc(COc3ccc(CO)cc3)cc2)c2ccccc2)cc1)c1ccccc1.Cc1ccc(COc2ccc(CO)cc2)cc1.P.P. The lowest BCUT2D eigenvalue weighted by molar-refractivity contribution is -0.111. The zero-order chi connectivity index (χ0) is 55.9. The van der Waals surface area contributed by atoms with E-state index in [0.717, 1.165) is 59.4 Å². The van der Waals surface area contributed by atoms with E-state index in [-0.39, 0.29) is 37.7 Å². The van der Waals surface area contributed by atoms with Crippen molar-refractivity contribution in [1.29, 1.82) is 0 Å². The van der Waals surface area contributed by atoms with Crippen LogP contribution in [0.3, 0.4) is 0 Å². The van der Waals surface area contributed by atoms with Gasteiger partial charge in [-0.2, -0.15) is 19.8 Å². The van der Waals surface area contributed by atoms with E-state index in [1.165, 1.54) is 38.9 Å². The molecule has 0 aliphatic rings. The van der Waals surface area contributed by atoms with Gasteiger partial charge < -0.3 is 19.7 Å². The molecule has 80 heavy (non-hydrogen) atoms. The van der Waals surface area contributed by atoms with Gasteiger partial charge in [0.2, 0.25) is 4.69 Å². The van der Waals surface area contributed by atoms with Gasteiger partial charge in [-0.1, -0.05) is 237 Å². The van der Waals surface area contributed by atoms with Gasteiger partial charge >= 0.3 is 0 Å². The molecule has 424 valence electrons. The highest BCUT2D eigenvalue weighted by atomic mass is 79.9. The molecule has 0 saturated carbocycles. The van der Waals surface area contributed by atoms with Crippen LogP contribution >= 0.6 is 51.7 Å². The number of halogens is 2. The Bertz CT molecular complexity index is 2940. The minimum absolute atomic E-state index is 0. The van der Waals surface area contributed by atoms with E-state index < -0.39 is 4.32 Å². The molecular weight excluding hydrogens is 1150 g/mol. The number of carbonyl (C=O) groups is 1. The lowest BCUT2D eigenvalue weighted by Gasteiger charge is -2.29. The smallest absolute Gasteiger partial charge is 0.213 e. The van der Waals surface area contributed by atoms with E-state index in [1.54, 1.807) is 13.8 Å². The predicted molar refractivity (Wildman–Crippen MR) is 354 cm³/mol. The minimum Gasteiger partial charge on any atom is -0.489 e. The summed E-state index contributed by atoms with van der Waals surface area (Å²) in [5, 5.41) is 18.3. The first-order valence-electron chi connectivity index (χ1n) is 27.5. The molecule has 0 radical (unpaired) electrons. The third kappa shape index (κ3) is 22.6. The molecule has 0 spiro atoms. The van der Waals surface area contributed by atoms with Crippen LogP contribution in [0, 0.1) is 6.92 Å². The Morgan fingerprint density at radius 2 is 0.688 bits per heavy atom. The van der Waals surface area contributed by atoms with E-state index in [1.807, 2.05) is 48.5 Å². The quantitative estimate of drug-likeness (QED) is 0.0379. The van der Waals surface area contributed by atoms with Crippen LogP contribution in [0.5, 0.6) is 11.5 Å². The van der Waals surface area contributed by atoms with Gasteiger partial charge in [0.05, 0.1) is 17.5 Å². The number of carbonyl (C=O) groups excluding carboxylic acids is 1. The number of hydrogen-bond acceptors (Lipinski definition) is 5. The van der Waals surface area contributed by atoms with Crippen LogP contribution in [0.25, 0.3) is 0 Å². The van der Waals surface area contributed by atoms with Crippen molar-refractivity contribution in [3.63, 3.8) is 0 Å². The molecule has 0 bridgehead atoms. The van der Waals surface area contributed by atoms with Gasteiger partial charge in [0, 0.05) is 0 Å². The van der Waals surface area contributed by atoms with Crippen molar-refractivity contribution in [2.24, 2.45) is 0 Å². The van der Waals surface area contributed by atoms with Crippen LogP contribution in [-0.4, -0.2) is 19.2 Å². The first kappa shape index (κ1) is 67.3. The topological polar surface area (TPSA) is 76.0 Å². The molecule has 8 atom stereocenters. The summed E-state index contributed by atoms with van der Waals surface area (Å²) >= 11 is 5.96. The summed E-state index contributed by atoms with van der Waals surface area (Å²) in [7, 11) is 0. The van der Waals surface area contributed by atoms with E-state index in [2.05, 4.69) is 230 Å². The maximum atomic E-state index is 10.3. The van der Waals surface area contributed by atoms with Crippen molar-refractivity contribution < 1.29 is 24.5 Å². The maximum absolute atomic E-state index is 10.3. The predicted octanol–water partition coefficient (Wildman–Crippen LogP) is 19.0. The van der Waals surface area contributed by atoms with Gasteiger partial charge in [-0.3, -0.25) is 4.79 Å². The Kier molecular flexibility index (Phi) is 29.4. The summed E-state index contributed by atoms with van der Waals surface area (Å²) in [6.45, 7) is 16.3. The second kappa shape index (κ2) is 34.9. The molecule has 8 rings (SSSR count). The molecule has 8 aromatic carbocycles. The second-order valence-electron chi connectivity index (χ2n) is 21.5. The van der Waals surface area contributed by atoms with Gasteiger partial charge in [0.25, 0.3) is 0 Å². The number of aliphatic hydroxyl groups is 2. The molecule has 2 N–H and O–H groups in total. The number of rotatable bonds is 23. The van der Waals surface area contributed by atoms with Crippen LogP contribution < -0.4 is 9.47 Å². The molecule has 8 unspecified atom stereocenters. The third-order valence-corrected chi connectivity index (χ3v) is 16.6. The van der Waals surface area contributed by atoms with Crippen molar-refractivity contribution in [3.05, 3.63) is 274 Å². The Morgan fingerprint density at radius 3 is 1.02 bits per heavy atom. The average molecular weight is 1240 g/mol. The van der Waals surface area contributed by atoms with Gasteiger partial charge in [0.15, 0.2) is 0 Å². The monoisotopic (exact) mass is 1240 g/mol. The lowest BCUT2D eigenvalue weighted by Crippen LogP contribution is -2.17. The fourth-order valence-electron chi connectivity index (χ4n) is 9.74. The largest absolute Gasteiger partial charge is 0.489 e. The standard InChI is InChI=1S/C52H58O2.C15H16O2.C4H6Br2O.2H3P/c1-38(44-14-8-5-9-15-44)32-39(2)46-26-28-47(29-27-46)41(4)34-50(48-18-12-7-13-19-48)35-51(33-40(3)45-16-10-6-11-17-45)49-24-20-43(21-25-49)37-54-52-30-22-42(36-53)23-31-52;1-12-2-4-14(5-3-12)11-17-15-8-6-13(10-16)7-9-15;1-4(2,6)3(5)7;;/h5-31,38-41,50-51,53H,32-37H2,1-4H3;2-9,16H,10-11H2,1H3;1-2H3;2*1H3. The van der Waals surface area contributed by atoms with Crippen LogP contribution in [0.1, 0.15) is 164 Å². The Labute approximate surface area is 502 Å². The highest BCUT2D eigenvalue weighted by Gasteiger charge is 2.25. The zero-order valence-corrected chi connectivity index (χ0v) is 54.1. The molecule has 9 heteroatoms. The van der Waals surface area contributed by atoms with Crippen LogP contribution in [0.2, 0.25) is 0 Å². The molecule has 0 aliphatic carbocycles. The van der Waals surface area contributed by atoms with E-state index in [4.69, 9.17) is 14.6 Å². The third-order valence-electron chi connectivity index (χ3n) is 14.7. The molecule has 0 aliphatic heterocycles.